The van der Waals surface area contributed by atoms with Gasteiger partial charge in [-0.25, -0.2) is 0 Å². The van der Waals surface area contributed by atoms with Crippen LogP contribution >= 0.6 is 11.3 Å². The summed E-state index contributed by atoms with van der Waals surface area (Å²) in [6.45, 7) is 1.53. The van der Waals surface area contributed by atoms with E-state index in [1.165, 1.54) is 18.4 Å². The van der Waals surface area contributed by atoms with Crippen molar-refractivity contribution in [3.8, 4) is 0 Å². The first kappa shape index (κ1) is 10.2. The van der Waals surface area contributed by atoms with Gasteiger partial charge in [-0.3, -0.25) is 4.55 Å². The summed E-state index contributed by atoms with van der Waals surface area (Å²) in [6.07, 6.45) is 0. The highest BCUT2D eigenvalue weighted by Crippen LogP contribution is 2.19. The van der Waals surface area contributed by atoms with Crippen molar-refractivity contribution in [2.45, 2.75) is 11.8 Å². The molecule has 0 aromatic carbocycles. The van der Waals surface area contributed by atoms with E-state index < -0.39 is 10.1 Å². The minimum Gasteiger partial charge on any atom is -0.411 e. The number of hydrogen-bond acceptors (Lipinski definition) is 5. The number of oxime groups is 1. The molecule has 0 amide bonds. The van der Waals surface area contributed by atoms with Gasteiger partial charge in [0.05, 0.1) is 10.6 Å². The average molecular weight is 221 g/mol. The molecule has 1 rings (SSSR count). The third-order valence-corrected chi connectivity index (χ3v) is 3.40. The van der Waals surface area contributed by atoms with E-state index in [9.17, 15) is 8.42 Å². The van der Waals surface area contributed by atoms with Crippen LogP contribution in [0.3, 0.4) is 0 Å². The second-order valence-corrected chi connectivity index (χ2v) is 4.64. The van der Waals surface area contributed by atoms with Crippen molar-refractivity contribution < 1.29 is 18.2 Å². The van der Waals surface area contributed by atoms with E-state index >= 15 is 0 Å². The smallest absolute Gasteiger partial charge is 0.295 e. The molecule has 2 N–H and O–H groups in total. The van der Waals surface area contributed by atoms with Crippen LogP contribution in [0.2, 0.25) is 0 Å². The number of rotatable bonds is 2. The SMILES string of the molecule is C/C(=N\O)c1cc(S(=O)(=O)O)cs1. The van der Waals surface area contributed by atoms with Gasteiger partial charge in [0.15, 0.2) is 0 Å². The minimum atomic E-state index is -4.15. The maximum atomic E-state index is 10.6. The van der Waals surface area contributed by atoms with E-state index in [0.717, 1.165) is 11.3 Å². The first-order valence-electron chi connectivity index (χ1n) is 3.20. The Morgan fingerprint density at radius 1 is 1.62 bits per heavy atom. The Morgan fingerprint density at radius 3 is 2.62 bits per heavy atom. The van der Waals surface area contributed by atoms with Crippen LogP contribution in [0.15, 0.2) is 21.5 Å². The van der Waals surface area contributed by atoms with Crippen molar-refractivity contribution in [2.75, 3.05) is 0 Å². The molecule has 0 aliphatic rings. The lowest BCUT2D eigenvalue weighted by molar-refractivity contribution is 0.319. The maximum Gasteiger partial charge on any atom is 0.295 e. The fourth-order valence-corrected chi connectivity index (χ4v) is 2.38. The van der Waals surface area contributed by atoms with Crippen LogP contribution in [0, 0.1) is 0 Å². The molecule has 0 aliphatic carbocycles. The Kier molecular flexibility index (Phi) is 2.69. The fourth-order valence-electron chi connectivity index (χ4n) is 0.693. The molecule has 0 radical (unpaired) electrons. The van der Waals surface area contributed by atoms with E-state index in [-0.39, 0.29) is 4.90 Å². The summed E-state index contributed by atoms with van der Waals surface area (Å²) in [4.78, 5) is 0.311. The summed E-state index contributed by atoms with van der Waals surface area (Å²) < 4.78 is 29.9. The Balaban J connectivity index is 3.15. The molecule has 72 valence electrons. The number of nitrogens with zero attached hydrogens (tertiary/aromatic N) is 1. The lowest BCUT2D eigenvalue weighted by atomic mass is 10.3. The predicted molar refractivity (Wildman–Crippen MR) is 48.1 cm³/mol. The van der Waals surface area contributed by atoms with Crippen molar-refractivity contribution in [3.05, 3.63) is 16.3 Å². The second-order valence-electron chi connectivity index (χ2n) is 2.31. The summed E-state index contributed by atoms with van der Waals surface area (Å²) in [5.74, 6) is 0. The highest BCUT2D eigenvalue weighted by Gasteiger charge is 2.13. The molecule has 0 saturated carbocycles. The van der Waals surface area contributed by atoms with Crippen LogP contribution in [-0.4, -0.2) is 23.9 Å². The zero-order chi connectivity index (χ0) is 10.1. The predicted octanol–water partition coefficient (Wildman–Crippen LogP) is 1.19. The van der Waals surface area contributed by atoms with Crippen molar-refractivity contribution in [1.29, 1.82) is 0 Å². The minimum absolute atomic E-state index is 0.185. The van der Waals surface area contributed by atoms with Gasteiger partial charge in [-0.05, 0) is 13.0 Å². The van der Waals surface area contributed by atoms with E-state index in [1.54, 1.807) is 0 Å². The van der Waals surface area contributed by atoms with Gasteiger partial charge in [0.2, 0.25) is 0 Å². The molecule has 0 aliphatic heterocycles. The topological polar surface area (TPSA) is 87.0 Å². The molecule has 0 unspecified atom stereocenters. The van der Waals surface area contributed by atoms with Crippen molar-refractivity contribution in [2.24, 2.45) is 5.16 Å². The second kappa shape index (κ2) is 3.44. The quantitative estimate of drug-likeness (QED) is 0.340. The zero-order valence-electron chi connectivity index (χ0n) is 6.63. The zero-order valence-corrected chi connectivity index (χ0v) is 8.26. The molecule has 0 atom stereocenters. The van der Waals surface area contributed by atoms with E-state index in [2.05, 4.69) is 5.16 Å². The van der Waals surface area contributed by atoms with Crippen molar-refractivity contribution in [3.63, 3.8) is 0 Å². The fraction of sp³-hybridized carbons (Fsp3) is 0.167. The Bertz CT molecular complexity index is 431. The molecule has 1 heterocycles. The number of hydrogen-bond donors (Lipinski definition) is 2. The summed E-state index contributed by atoms with van der Waals surface area (Å²) in [7, 11) is -4.15. The van der Waals surface area contributed by atoms with Gasteiger partial charge in [0.25, 0.3) is 10.1 Å². The molecule has 5 nitrogen and oxygen atoms in total. The molecular weight excluding hydrogens is 214 g/mol. The lowest BCUT2D eigenvalue weighted by Gasteiger charge is -1.89. The summed E-state index contributed by atoms with van der Waals surface area (Å²) >= 11 is 1.08. The summed E-state index contributed by atoms with van der Waals surface area (Å²) in [6, 6.07) is 1.25. The first-order chi connectivity index (χ1) is 5.95. The standard InChI is InChI=1S/C6H7NO4S2/c1-4(7-8)6-2-5(3-12-6)13(9,10)11/h2-3,8H,1H3,(H,9,10,11)/b7-4+. The number of thiophene rings is 1. The van der Waals surface area contributed by atoms with Crippen LogP contribution in [-0.2, 0) is 10.1 Å². The molecule has 1 aromatic heterocycles. The Hall–Kier alpha value is -0.920. The summed E-state index contributed by atoms with van der Waals surface area (Å²) in [5.41, 5.74) is 0.305. The van der Waals surface area contributed by atoms with Gasteiger partial charge in [0.1, 0.15) is 4.90 Å². The monoisotopic (exact) mass is 221 g/mol. The van der Waals surface area contributed by atoms with Gasteiger partial charge in [-0.1, -0.05) is 5.16 Å². The molecule has 0 spiro atoms. The maximum absolute atomic E-state index is 10.6. The molecule has 0 saturated heterocycles. The molecule has 0 fully saturated rings. The largest absolute Gasteiger partial charge is 0.411 e. The Labute approximate surface area is 79.1 Å². The van der Waals surface area contributed by atoms with Gasteiger partial charge in [-0.15, -0.1) is 11.3 Å². The van der Waals surface area contributed by atoms with Gasteiger partial charge in [0, 0.05) is 5.38 Å². The Morgan fingerprint density at radius 2 is 2.23 bits per heavy atom. The van der Waals surface area contributed by atoms with Crippen molar-refractivity contribution >= 4 is 27.2 Å². The molecule has 13 heavy (non-hydrogen) atoms. The van der Waals surface area contributed by atoms with E-state index in [1.807, 2.05) is 0 Å². The third-order valence-electron chi connectivity index (χ3n) is 1.38. The lowest BCUT2D eigenvalue weighted by Crippen LogP contribution is -1.96. The third kappa shape index (κ3) is 2.27. The molecule has 0 bridgehead atoms. The van der Waals surface area contributed by atoms with Gasteiger partial charge < -0.3 is 5.21 Å². The van der Waals surface area contributed by atoms with E-state index in [0.29, 0.717) is 10.6 Å². The average Bonchev–Trinajstić information content (AvgIpc) is 2.50. The molecular formula is C6H7NO4S2. The molecule has 1 aromatic rings. The van der Waals surface area contributed by atoms with Crippen LogP contribution in [0.4, 0.5) is 0 Å². The van der Waals surface area contributed by atoms with Crippen LogP contribution in [0.5, 0.6) is 0 Å². The van der Waals surface area contributed by atoms with Crippen LogP contribution in [0.25, 0.3) is 0 Å². The van der Waals surface area contributed by atoms with Crippen molar-refractivity contribution in [1.82, 2.24) is 0 Å². The van der Waals surface area contributed by atoms with Gasteiger partial charge in [-0.2, -0.15) is 8.42 Å². The summed E-state index contributed by atoms with van der Waals surface area (Å²) in [5, 5.41) is 12.6. The van der Waals surface area contributed by atoms with Gasteiger partial charge >= 0.3 is 0 Å². The highest BCUT2D eigenvalue weighted by molar-refractivity contribution is 7.86. The van der Waals surface area contributed by atoms with Crippen LogP contribution in [0.1, 0.15) is 11.8 Å². The first-order valence-corrected chi connectivity index (χ1v) is 5.52. The highest BCUT2D eigenvalue weighted by atomic mass is 32.2. The molecule has 7 heteroatoms. The normalized spacial score (nSPS) is 13.2. The van der Waals surface area contributed by atoms with E-state index in [4.69, 9.17) is 9.76 Å². The van der Waals surface area contributed by atoms with Crippen LogP contribution < -0.4 is 0 Å².